The normalized spacial score (nSPS) is 17.7. The smallest absolute Gasteiger partial charge is 0.163 e. The molecule has 1 fully saturated rings. The number of rotatable bonds is 3. The number of nitrogens with zero attached hydrogens (tertiary/aromatic N) is 4. The summed E-state index contributed by atoms with van der Waals surface area (Å²) in [7, 11) is 0. The Labute approximate surface area is 146 Å². The van der Waals surface area contributed by atoms with E-state index in [1.54, 1.807) is 12.4 Å². The second-order valence-corrected chi connectivity index (χ2v) is 6.19. The number of hydrogen-bond donors (Lipinski definition) is 0. The Morgan fingerprint density at radius 3 is 2.84 bits per heavy atom. The van der Waals surface area contributed by atoms with Crippen molar-refractivity contribution in [2.24, 2.45) is 0 Å². The standard InChI is InChI=1S/C19H20N4O2/c1-13-10-18(22-19(21-13)15-4-3-7-20-11-15)23-8-9-24-17(12-23)16-6-5-14(2)25-16/h3-7,10-11,17H,8-9,12H2,1-2H3/t17-/m0/s1. The highest BCUT2D eigenvalue weighted by atomic mass is 16.5. The number of furan rings is 1. The minimum atomic E-state index is -0.0837. The zero-order valence-electron chi connectivity index (χ0n) is 14.3. The minimum Gasteiger partial charge on any atom is -0.464 e. The number of aryl methyl sites for hydroxylation is 2. The Kier molecular flexibility index (Phi) is 4.19. The molecule has 6 heteroatoms. The summed E-state index contributed by atoms with van der Waals surface area (Å²) >= 11 is 0. The van der Waals surface area contributed by atoms with E-state index < -0.39 is 0 Å². The quantitative estimate of drug-likeness (QED) is 0.731. The molecule has 1 atom stereocenters. The van der Waals surface area contributed by atoms with E-state index in [0.717, 1.165) is 35.1 Å². The zero-order chi connectivity index (χ0) is 17.2. The van der Waals surface area contributed by atoms with Crippen LogP contribution in [-0.2, 0) is 4.74 Å². The van der Waals surface area contributed by atoms with Gasteiger partial charge in [0.2, 0.25) is 0 Å². The lowest BCUT2D eigenvalue weighted by Crippen LogP contribution is -2.38. The Morgan fingerprint density at radius 1 is 1.16 bits per heavy atom. The Morgan fingerprint density at radius 2 is 2.08 bits per heavy atom. The van der Waals surface area contributed by atoms with Gasteiger partial charge in [-0.1, -0.05) is 0 Å². The number of hydrogen-bond acceptors (Lipinski definition) is 6. The van der Waals surface area contributed by atoms with Crippen LogP contribution < -0.4 is 4.90 Å². The molecular formula is C19H20N4O2. The number of aromatic nitrogens is 3. The summed E-state index contributed by atoms with van der Waals surface area (Å²) in [6, 6.07) is 9.82. The summed E-state index contributed by atoms with van der Waals surface area (Å²) in [5.41, 5.74) is 1.85. The van der Waals surface area contributed by atoms with Crippen molar-refractivity contribution in [1.29, 1.82) is 0 Å². The first-order valence-electron chi connectivity index (χ1n) is 8.38. The first kappa shape index (κ1) is 15.8. The van der Waals surface area contributed by atoms with Gasteiger partial charge in [0.1, 0.15) is 23.4 Å². The number of morpholine rings is 1. The van der Waals surface area contributed by atoms with Crippen molar-refractivity contribution in [3.05, 3.63) is 59.9 Å². The third-order valence-corrected chi connectivity index (χ3v) is 4.23. The highest BCUT2D eigenvalue weighted by molar-refractivity contribution is 5.56. The van der Waals surface area contributed by atoms with Crippen LogP contribution in [0.5, 0.6) is 0 Å². The van der Waals surface area contributed by atoms with E-state index in [1.165, 1.54) is 0 Å². The predicted molar refractivity (Wildman–Crippen MR) is 94.4 cm³/mol. The highest BCUT2D eigenvalue weighted by Crippen LogP contribution is 2.27. The molecule has 0 aromatic carbocycles. The van der Waals surface area contributed by atoms with Crippen LogP contribution in [0.4, 0.5) is 5.82 Å². The van der Waals surface area contributed by atoms with Crippen LogP contribution in [0.2, 0.25) is 0 Å². The number of anilines is 1. The van der Waals surface area contributed by atoms with Crippen molar-refractivity contribution >= 4 is 5.82 Å². The molecule has 4 rings (SSSR count). The molecule has 0 bridgehead atoms. The van der Waals surface area contributed by atoms with Gasteiger partial charge in [-0.05, 0) is 38.1 Å². The molecule has 0 N–H and O–H groups in total. The van der Waals surface area contributed by atoms with E-state index in [9.17, 15) is 0 Å². The van der Waals surface area contributed by atoms with Gasteiger partial charge in [0.15, 0.2) is 5.82 Å². The van der Waals surface area contributed by atoms with Gasteiger partial charge in [0.25, 0.3) is 0 Å². The molecule has 1 aliphatic rings. The van der Waals surface area contributed by atoms with E-state index in [1.807, 2.05) is 44.2 Å². The molecule has 6 nitrogen and oxygen atoms in total. The van der Waals surface area contributed by atoms with Crippen LogP contribution in [-0.4, -0.2) is 34.6 Å². The molecule has 3 aromatic heterocycles. The molecule has 128 valence electrons. The molecule has 25 heavy (non-hydrogen) atoms. The first-order chi connectivity index (χ1) is 12.2. The summed E-state index contributed by atoms with van der Waals surface area (Å²) in [6.45, 7) is 6.06. The van der Waals surface area contributed by atoms with Gasteiger partial charge < -0.3 is 14.1 Å². The fraction of sp³-hybridized carbons (Fsp3) is 0.316. The molecule has 3 aromatic rings. The van der Waals surface area contributed by atoms with Crippen LogP contribution in [0.25, 0.3) is 11.4 Å². The van der Waals surface area contributed by atoms with Crippen molar-refractivity contribution in [3.8, 4) is 11.4 Å². The van der Waals surface area contributed by atoms with Gasteiger partial charge in [-0.3, -0.25) is 4.98 Å². The van der Waals surface area contributed by atoms with Gasteiger partial charge in [0, 0.05) is 36.3 Å². The average Bonchev–Trinajstić information content (AvgIpc) is 3.08. The van der Waals surface area contributed by atoms with Crippen molar-refractivity contribution in [2.75, 3.05) is 24.6 Å². The molecule has 4 heterocycles. The molecule has 1 aliphatic heterocycles. The molecular weight excluding hydrogens is 316 g/mol. The molecule has 0 aliphatic carbocycles. The van der Waals surface area contributed by atoms with Crippen LogP contribution in [0.15, 0.2) is 47.1 Å². The minimum absolute atomic E-state index is 0.0837. The molecule has 0 spiro atoms. The van der Waals surface area contributed by atoms with Gasteiger partial charge in [-0.15, -0.1) is 0 Å². The molecule has 0 amide bonds. The molecule has 0 radical (unpaired) electrons. The maximum absolute atomic E-state index is 5.89. The summed E-state index contributed by atoms with van der Waals surface area (Å²) in [6.07, 6.45) is 3.45. The lowest BCUT2D eigenvalue weighted by Gasteiger charge is -2.33. The fourth-order valence-corrected chi connectivity index (χ4v) is 2.99. The fourth-order valence-electron chi connectivity index (χ4n) is 2.99. The second kappa shape index (κ2) is 6.64. The third-order valence-electron chi connectivity index (χ3n) is 4.23. The van der Waals surface area contributed by atoms with Crippen LogP contribution in [0.1, 0.15) is 23.3 Å². The molecule has 0 unspecified atom stereocenters. The third kappa shape index (κ3) is 3.39. The second-order valence-electron chi connectivity index (χ2n) is 6.19. The maximum Gasteiger partial charge on any atom is 0.163 e. The lowest BCUT2D eigenvalue weighted by atomic mass is 10.2. The van der Waals surface area contributed by atoms with Crippen molar-refractivity contribution < 1.29 is 9.15 Å². The zero-order valence-corrected chi connectivity index (χ0v) is 14.3. The van der Waals surface area contributed by atoms with Crippen LogP contribution in [0.3, 0.4) is 0 Å². The van der Waals surface area contributed by atoms with Gasteiger partial charge in [-0.25, -0.2) is 9.97 Å². The predicted octanol–water partition coefficient (Wildman–Crippen LogP) is 3.33. The molecule has 0 saturated carbocycles. The Hall–Kier alpha value is -2.73. The first-order valence-corrected chi connectivity index (χ1v) is 8.38. The summed E-state index contributed by atoms with van der Waals surface area (Å²) in [5.74, 6) is 3.36. The van der Waals surface area contributed by atoms with E-state index in [-0.39, 0.29) is 6.10 Å². The number of ether oxygens (including phenoxy) is 1. The van der Waals surface area contributed by atoms with Crippen LogP contribution in [0, 0.1) is 13.8 Å². The molecule has 1 saturated heterocycles. The lowest BCUT2D eigenvalue weighted by molar-refractivity contribution is 0.0250. The van der Waals surface area contributed by atoms with Crippen molar-refractivity contribution in [1.82, 2.24) is 15.0 Å². The average molecular weight is 336 g/mol. The Balaban J connectivity index is 1.61. The summed E-state index contributed by atoms with van der Waals surface area (Å²) < 4.78 is 11.6. The maximum atomic E-state index is 5.89. The van der Waals surface area contributed by atoms with E-state index in [4.69, 9.17) is 14.1 Å². The number of pyridine rings is 1. The van der Waals surface area contributed by atoms with Gasteiger partial charge in [-0.2, -0.15) is 0 Å². The van der Waals surface area contributed by atoms with Gasteiger partial charge >= 0.3 is 0 Å². The monoisotopic (exact) mass is 336 g/mol. The van der Waals surface area contributed by atoms with Crippen LogP contribution >= 0.6 is 0 Å². The largest absolute Gasteiger partial charge is 0.464 e. The van der Waals surface area contributed by atoms with Crippen molar-refractivity contribution in [2.45, 2.75) is 20.0 Å². The Bertz CT molecular complexity index is 863. The van der Waals surface area contributed by atoms with E-state index in [0.29, 0.717) is 19.0 Å². The van der Waals surface area contributed by atoms with E-state index in [2.05, 4.69) is 14.9 Å². The SMILES string of the molecule is Cc1cc(N2CCO[C@H](c3ccc(C)o3)C2)nc(-c2cccnc2)n1. The summed E-state index contributed by atoms with van der Waals surface area (Å²) in [5, 5.41) is 0. The summed E-state index contributed by atoms with van der Waals surface area (Å²) in [4.78, 5) is 15.7. The van der Waals surface area contributed by atoms with Gasteiger partial charge in [0.05, 0.1) is 13.2 Å². The topological polar surface area (TPSA) is 64.3 Å². The van der Waals surface area contributed by atoms with E-state index >= 15 is 0 Å². The van der Waals surface area contributed by atoms with Crippen molar-refractivity contribution in [3.63, 3.8) is 0 Å². The highest BCUT2D eigenvalue weighted by Gasteiger charge is 2.25.